The van der Waals surface area contributed by atoms with Crippen LogP contribution in [-0.2, 0) is 4.79 Å². The smallest absolute Gasteiger partial charge is 0.266 e. The lowest BCUT2D eigenvalue weighted by Crippen LogP contribution is -2.33. The van der Waals surface area contributed by atoms with Gasteiger partial charge in [0.25, 0.3) is 5.91 Å². The van der Waals surface area contributed by atoms with E-state index in [2.05, 4.69) is 5.32 Å². The van der Waals surface area contributed by atoms with Gasteiger partial charge in [-0.3, -0.25) is 4.79 Å². The monoisotopic (exact) mass is 335 g/mol. The largest absolute Gasteiger partial charge is 0.476 e. The van der Waals surface area contributed by atoms with Crippen molar-refractivity contribution in [3.8, 4) is 5.75 Å². The molecule has 1 amide bonds. The van der Waals surface area contributed by atoms with E-state index in [1.54, 1.807) is 18.2 Å². The second-order valence-electron chi connectivity index (χ2n) is 5.30. The van der Waals surface area contributed by atoms with Gasteiger partial charge in [0.2, 0.25) is 6.10 Å². The molecule has 1 atom stereocenters. The second-order valence-corrected chi connectivity index (χ2v) is 6.17. The Hall–Kier alpha value is -1.71. The fraction of sp³-hybridized carbons (Fsp3) is 0.235. The topological polar surface area (TPSA) is 38.3 Å². The van der Waals surface area contributed by atoms with Crippen LogP contribution in [0, 0.1) is 0 Å². The van der Waals surface area contributed by atoms with Crippen molar-refractivity contribution in [1.82, 2.24) is 5.32 Å². The normalized spacial score (nSPS) is 15.2. The van der Waals surface area contributed by atoms with Gasteiger partial charge in [0.05, 0.1) is 0 Å². The van der Waals surface area contributed by atoms with E-state index in [-0.39, 0.29) is 11.9 Å². The molecule has 0 aliphatic heterocycles. The van der Waals surface area contributed by atoms with Crippen LogP contribution in [0.5, 0.6) is 5.75 Å². The first-order valence-electron chi connectivity index (χ1n) is 7.10. The zero-order valence-corrected chi connectivity index (χ0v) is 13.3. The van der Waals surface area contributed by atoms with Crippen molar-refractivity contribution in [1.29, 1.82) is 0 Å². The van der Waals surface area contributed by atoms with Gasteiger partial charge < -0.3 is 10.1 Å². The van der Waals surface area contributed by atoms with Crippen LogP contribution < -0.4 is 10.1 Å². The number of rotatable bonds is 5. The number of ether oxygens (including phenoxy) is 1. The molecule has 1 N–H and O–H groups in total. The van der Waals surface area contributed by atoms with Crippen molar-refractivity contribution < 1.29 is 9.53 Å². The second kappa shape index (κ2) is 6.59. The van der Waals surface area contributed by atoms with Crippen molar-refractivity contribution in [2.24, 2.45) is 0 Å². The molecule has 22 heavy (non-hydrogen) atoms. The molecular weight excluding hydrogens is 321 g/mol. The highest BCUT2D eigenvalue weighted by Crippen LogP contribution is 2.29. The van der Waals surface area contributed by atoms with Gasteiger partial charge in [-0.05, 0) is 31.0 Å². The zero-order chi connectivity index (χ0) is 15.5. The molecule has 0 bridgehead atoms. The van der Waals surface area contributed by atoms with Crippen molar-refractivity contribution >= 4 is 29.1 Å². The number of nitrogens with one attached hydrogen (secondary N) is 1. The van der Waals surface area contributed by atoms with Crippen molar-refractivity contribution in [2.75, 3.05) is 0 Å². The summed E-state index contributed by atoms with van der Waals surface area (Å²) in [5.74, 6) is 0.321. The third-order valence-corrected chi connectivity index (χ3v) is 3.79. The van der Waals surface area contributed by atoms with Crippen LogP contribution in [0.2, 0.25) is 10.0 Å². The van der Waals surface area contributed by atoms with Crippen LogP contribution >= 0.6 is 23.2 Å². The van der Waals surface area contributed by atoms with Crippen molar-refractivity contribution in [3.05, 3.63) is 64.1 Å². The minimum atomic E-state index is -0.726. The maximum Gasteiger partial charge on any atom is 0.266 e. The summed E-state index contributed by atoms with van der Waals surface area (Å²) in [4.78, 5) is 12.5. The molecule has 0 aromatic heterocycles. The zero-order valence-electron chi connectivity index (χ0n) is 11.8. The van der Waals surface area contributed by atoms with Gasteiger partial charge in [0, 0.05) is 21.7 Å². The summed E-state index contributed by atoms with van der Waals surface area (Å²) in [6, 6.07) is 14.6. The maximum absolute atomic E-state index is 12.5. The molecule has 0 spiro atoms. The highest BCUT2D eigenvalue weighted by Gasteiger charge is 2.29. The molecule has 114 valence electrons. The van der Waals surface area contributed by atoms with Gasteiger partial charge >= 0.3 is 0 Å². The van der Waals surface area contributed by atoms with E-state index < -0.39 is 6.10 Å². The minimum absolute atomic E-state index is 0.148. The highest BCUT2D eigenvalue weighted by molar-refractivity contribution is 6.34. The third kappa shape index (κ3) is 3.93. The Morgan fingerprint density at radius 1 is 1.09 bits per heavy atom. The van der Waals surface area contributed by atoms with Crippen molar-refractivity contribution in [2.45, 2.75) is 25.0 Å². The summed E-state index contributed by atoms with van der Waals surface area (Å²) >= 11 is 12.0. The lowest BCUT2D eigenvalue weighted by Gasteiger charge is -2.19. The Morgan fingerprint density at radius 3 is 2.32 bits per heavy atom. The van der Waals surface area contributed by atoms with E-state index in [9.17, 15) is 4.79 Å². The van der Waals surface area contributed by atoms with E-state index in [1.165, 1.54) is 0 Å². The van der Waals surface area contributed by atoms with Gasteiger partial charge in [0.1, 0.15) is 5.75 Å². The van der Waals surface area contributed by atoms with Gasteiger partial charge in [-0.1, -0.05) is 53.5 Å². The molecule has 1 fully saturated rings. The SMILES string of the molecule is O=C(NC1CC1)[C@@H](Oc1cc(Cl)cc(Cl)c1)c1ccccc1. The quantitative estimate of drug-likeness (QED) is 0.879. The highest BCUT2D eigenvalue weighted by atomic mass is 35.5. The number of carbonyl (C=O) groups excluding carboxylic acids is 1. The third-order valence-electron chi connectivity index (χ3n) is 3.35. The first-order chi connectivity index (χ1) is 10.6. The molecule has 1 aliphatic rings. The predicted octanol–water partition coefficient (Wildman–Crippen LogP) is 4.39. The molecule has 5 heteroatoms. The fourth-order valence-corrected chi connectivity index (χ4v) is 2.64. The first kappa shape index (κ1) is 15.2. The molecular formula is C17H15Cl2NO2. The number of carbonyl (C=O) groups is 1. The molecule has 0 saturated heterocycles. The number of halogens is 2. The van der Waals surface area contributed by atoms with Gasteiger partial charge in [-0.2, -0.15) is 0 Å². The lowest BCUT2D eigenvalue weighted by molar-refractivity contribution is -0.128. The number of amides is 1. The summed E-state index contributed by atoms with van der Waals surface area (Å²) in [5, 5.41) is 3.91. The summed E-state index contributed by atoms with van der Waals surface area (Å²) in [6.07, 6.45) is 1.32. The maximum atomic E-state index is 12.5. The molecule has 3 rings (SSSR count). The Morgan fingerprint density at radius 2 is 1.73 bits per heavy atom. The van der Waals surface area contributed by atoms with Crippen LogP contribution in [0.4, 0.5) is 0 Å². The van der Waals surface area contributed by atoms with Crippen molar-refractivity contribution in [3.63, 3.8) is 0 Å². The number of hydrogen-bond donors (Lipinski definition) is 1. The molecule has 0 heterocycles. The summed E-state index contributed by atoms with van der Waals surface area (Å²) in [7, 11) is 0. The first-order valence-corrected chi connectivity index (χ1v) is 7.85. The van der Waals surface area contributed by atoms with E-state index in [0.717, 1.165) is 18.4 Å². The molecule has 1 aliphatic carbocycles. The van der Waals surface area contributed by atoms with Gasteiger partial charge in [0.15, 0.2) is 0 Å². The average Bonchev–Trinajstić information content (AvgIpc) is 3.28. The van der Waals surface area contributed by atoms with Crippen LogP contribution in [0.1, 0.15) is 24.5 Å². The Bertz CT molecular complexity index is 651. The van der Waals surface area contributed by atoms with Gasteiger partial charge in [-0.15, -0.1) is 0 Å². The van der Waals surface area contributed by atoms with E-state index in [1.807, 2.05) is 30.3 Å². The van der Waals surface area contributed by atoms with Gasteiger partial charge in [-0.25, -0.2) is 0 Å². The molecule has 3 nitrogen and oxygen atoms in total. The van der Waals surface area contributed by atoms with E-state index in [0.29, 0.717) is 15.8 Å². The molecule has 1 saturated carbocycles. The standard InChI is InChI=1S/C17H15Cl2NO2/c18-12-8-13(19)10-15(9-12)22-16(11-4-2-1-3-5-11)17(21)20-14-6-7-14/h1-5,8-10,14,16H,6-7H2,(H,20,21)/t16-/m0/s1. The summed E-state index contributed by atoms with van der Waals surface area (Å²) in [5.41, 5.74) is 0.789. The van der Waals surface area contributed by atoms with Crippen LogP contribution in [0.15, 0.2) is 48.5 Å². The predicted molar refractivity (Wildman–Crippen MR) is 87.4 cm³/mol. The molecule has 2 aromatic carbocycles. The molecule has 0 unspecified atom stereocenters. The van der Waals surface area contributed by atoms with Crippen LogP contribution in [0.25, 0.3) is 0 Å². The number of hydrogen-bond acceptors (Lipinski definition) is 2. The summed E-state index contributed by atoms with van der Waals surface area (Å²) in [6.45, 7) is 0. The van der Waals surface area contributed by atoms with E-state index in [4.69, 9.17) is 27.9 Å². The lowest BCUT2D eigenvalue weighted by atomic mass is 10.1. The van der Waals surface area contributed by atoms with Crippen LogP contribution in [0.3, 0.4) is 0 Å². The summed E-state index contributed by atoms with van der Waals surface area (Å²) < 4.78 is 5.87. The Kier molecular flexibility index (Phi) is 4.55. The molecule has 0 radical (unpaired) electrons. The number of benzene rings is 2. The Labute approximate surface area is 139 Å². The fourth-order valence-electron chi connectivity index (χ4n) is 2.14. The Balaban J connectivity index is 1.85. The minimum Gasteiger partial charge on any atom is -0.476 e. The van der Waals surface area contributed by atoms with Crippen LogP contribution in [-0.4, -0.2) is 11.9 Å². The van der Waals surface area contributed by atoms with E-state index >= 15 is 0 Å². The molecule has 2 aromatic rings. The average molecular weight is 336 g/mol.